The number of amides is 2. The minimum Gasteiger partial charge on any atom is -0.342 e. The van der Waals surface area contributed by atoms with E-state index in [0.29, 0.717) is 12.8 Å². The van der Waals surface area contributed by atoms with Crippen molar-refractivity contribution in [2.24, 2.45) is 0 Å². The quantitative estimate of drug-likeness (QED) is 0.798. The van der Waals surface area contributed by atoms with Gasteiger partial charge in [0.2, 0.25) is 12.3 Å². The van der Waals surface area contributed by atoms with Gasteiger partial charge in [-0.2, -0.15) is 0 Å². The van der Waals surface area contributed by atoms with Crippen LogP contribution in [0.25, 0.3) is 0 Å². The maximum absolute atomic E-state index is 11.9. The van der Waals surface area contributed by atoms with Gasteiger partial charge in [0.05, 0.1) is 6.42 Å². The molecule has 1 aliphatic heterocycles. The smallest absolute Gasteiger partial charge is 0.226 e. The van der Waals surface area contributed by atoms with E-state index in [1.807, 2.05) is 17.0 Å². The molecule has 17 heavy (non-hydrogen) atoms. The number of anilines is 1. The average molecular weight is 232 g/mol. The molecule has 0 spiro atoms. The van der Waals surface area contributed by atoms with E-state index in [0.717, 1.165) is 37.2 Å². The summed E-state index contributed by atoms with van der Waals surface area (Å²) in [6.07, 6.45) is 3.33. The number of rotatable bonds is 4. The van der Waals surface area contributed by atoms with Gasteiger partial charge in [-0.3, -0.25) is 9.59 Å². The zero-order valence-corrected chi connectivity index (χ0v) is 9.69. The Labute approximate surface area is 101 Å². The molecule has 1 fully saturated rings. The second-order valence-corrected chi connectivity index (χ2v) is 4.22. The van der Waals surface area contributed by atoms with Crippen molar-refractivity contribution >= 4 is 18.0 Å². The largest absolute Gasteiger partial charge is 0.342 e. The fraction of sp³-hybridized carbons (Fsp3) is 0.385. The second-order valence-electron chi connectivity index (χ2n) is 4.22. The number of carbonyl (C=O) groups is 2. The molecule has 1 saturated heterocycles. The van der Waals surface area contributed by atoms with Gasteiger partial charge >= 0.3 is 0 Å². The Kier molecular flexibility index (Phi) is 3.75. The van der Waals surface area contributed by atoms with E-state index >= 15 is 0 Å². The number of nitrogens with zero attached hydrogens (tertiary/aromatic N) is 1. The molecule has 1 aromatic rings. The number of hydrogen-bond donors (Lipinski definition) is 1. The van der Waals surface area contributed by atoms with E-state index in [2.05, 4.69) is 5.32 Å². The van der Waals surface area contributed by atoms with Gasteiger partial charge in [0, 0.05) is 18.8 Å². The Morgan fingerprint density at radius 1 is 1.24 bits per heavy atom. The lowest BCUT2D eigenvalue weighted by Crippen LogP contribution is -2.29. The van der Waals surface area contributed by atoms with Gasteiger partial charge in [-0.05, 0) is 30.5 Å². The van der Waals surface area contributed by atoms with E-state index in [-0.39, 0.29) is 5.91 Å². The van der Waals surface area contributed by atoms with Gasteiger partial charge < -0.3 is 10.2 Å². The van der Waals surface area contributed by atoms with Crippen LogP contribution in [0.3, 0.4) is 0 Å². The summed E-state index contributed by atoms with van der Waals surface area (Å²) in [5.74, 6) is 0.193. The normalized spacial score (nSPS) is 14.7. The molecule has 1 aliphatic rings. The van der Waals surface area contributed by atoms with Crippen LogP contribution in [-0.2, 0) is 16.0 Å². The summed E-state index contributed by atoms with van der Waals surface area (Å²) in [6.45, 7) is 1.78. The van der Waals surface area contributed by atoms with Crippen molar-refractivity contribution in [2.75, 3.05) is 18.4 Å². The zero-order chi connectivity index (χ0) is 12.1. The van der Waals surface area contributed by atoms with Crippen LogP contribution in [0, 0.1) is 0 Å². The summed E-state index contributed by atoms with van der Waals surface area (Å²) in [6, 6.07) is 7.36. The molecule has 90 valence electrons. The van der Waals surface area contributed by atoms with Crippen LogP contribution in [0.5, 0.6) is 0 Å². The predicted octanol–water partition coefficient (Wildman–Crippen LogP) is 1.42. The monoisotopic (exact) mass is 232 g/mol. The lowest BCUT2D eigenvalue weighted by Gasteiger charge is -2.15. The molecule has 0 radical (unpaired) electrons. The van der Waals surface area contributed by atoms with Crippen LogP contribution in [0.1, 0.15) is 18.4 Å². The van der Waals surface area contributed by atoms with E-state index in [1.165, 1.54) is 0 Å². The van der Waals surface area contributed by atoms with Crippen molar-refractivity contribution < 1.29 is 9.59 Å². The van der Waals surface area contributed by atoms with Crippen molar-refractivity contribution in [3.63, 3.8) is 0 Å². The van der Waals surface area contributed by atoms with Gasteiger partial charge in [-0.25, -0.2) is 0 Å². The molecule has 4 heteroatoms. The molecule has 1 N–H and O–H groups in total. The molecule has 0 bridgehead atoms. The Morgan fingerprint density at radius 3 is 2.47 bits per heavy atom. The van der Waals surface area contributed by atoms with Crippen molar-refractivity contribution in [3.8, 4) is 0 Å². The fourth-order valence-corrected chi connectivity index (χ4v) is 2.04. The van der Waals surface area contributed by atoms with E-state index < -0.39 is 0 Å². The van der Waals surface area contributed by atoms with Crippen molar-refractivity contribution in [1.82, 2.24) is 4.90 Å². The first-order valence-corrected chi connectivity index (χ1v) is 5.86. The fourth-order valence-electron chi connectivity index (χ4n) is 2.04. The minimum absolute atomic E-state index is 0.193. The zero-order valence-electron chi connectivity index (χ0n) is 9.69. The Balaban J connectivity index is 1.93. The molecule has 0 aromatic heterocycles. The number of hydrogen-bond acceptors (Lipinski definition) is 2. The molecule has 2 amide bonds. The van der Waals surface area contributed by atoms with Gasteiger partial charge in [-0.15, -0.1) is 0 Å². The van der Waals surface area contributed by atoms with Crippen LogP contribution in [-0.4, -0.2) is 30.3 Å². The molecular formula is C13H16N2O2. The van der Waals surface area contributed by atoms with Crippen LogP contribution in [0.2, 0.25) is 0 Å². The Hall–Kier alpha value is -1.84. The maximum Gasteiger partial charge on any atom is 0.226 e. The summed E-state index contributed by atoms with van der Waals surface area (Å²) in [5.41, 5.74) is 1.73. The second kappa shape index (κ2) is 5.48. The van der Waals surface area contributed by atoms with Crippen LogP contribution in [0.4, 0.5) is 5.69 Å². The summed E-state index contributed by atoms with van der Waals surface area (Å²) in [7, 11) is 0. The minimum atomic E-state index is 0.193. The number of nitrogens with one attached hydrogen (secondary N) is 1. The van der Waals surface area contributed by atoms with Crippen LogP contribution >= 0.6 is 0 Å². The van der Waals surface area contributed by atoms with E-state index in [4.69, 9.17) is 0 Å². The van der Waals surface area contributed by atoms with E-state index in [9.17, 15) is 9.59 Å². The number of benzene rings is 1. The van der Waals surface area contributed by atoms with Crippen molar-refractivity contribution in [3.05, 3.63) is 29.8 Å². The van der Waals surface area contributed by atoms with Gasteiger partial charge in [0.15, 0.2) is 0 Å². The average Bonchev–Trinajstić information content (AvgIpc) is 2.86. The topological polar surface area (TPSA) is 49.4 Å². The summed E-state index contributed by atoms with van der Waals surface area (Å²) in [5, 5.41) is 2.57. The Morgan fingerprint density at radius 2 is 1.88 bits per heavy atom. The van der Waals surface area contributed by atoms with Crippen LogP contribution < -0.4 is 5.32 Å². The third-order valence-electron chi connectivity index (χ3n) is 2.99. The molecule has 1 aromatic carbocycles. The molecule has 4 nitrogen and oxygen atoms in total. The molecule has 0 aliphatic carbocycles. The molecule has 0 unspecified atom stereocenters. The van der Waals surface area contributed by atoms with Crippen LogP contribution in [0.15, 0.2) is 24.3 Å². The lowest BCUT2D eigenvalue weighted by molar-refractivity contribution is -0.129. The SMILES string of the molecule is O=CNc1ccc(CC(=O)N2CCCC2)cc1. The van der Waals surface area contributed by atoms with Crippen molar-refractivity contribution in [2.45, 2.75) is 19.3 Å². The summed E-state index contributed by atoms with van der Waals surface area (Å²) >= 11 is 0. The molecular weight excluding hydrogens is 216 g/mol. The highest BCUT2D eigenvalue weighted by Crippen LogP contribution is 2.13. The number of likely N-dealkylation sites (tertiary alicyclic amines) is 1. The molecule has 2 rings (SSSR count). The molecule has 0 atom stereocenters. The summed E-state index contributed by atoms with van der Waals surface area (Å²) in [4.78, 5) is 24.0. The third kappa shape index (κ3) is 3.06. The summed E-state index contributed by atoms with van der Waals surface area (Å²) < 4.78 is 0. The lowest BCUT2D eigenvalue weighted by atomic mass is 10.1. The van der Waals surface area contributed by atoms with Crippen molar-refractivity contribution in [1.29, 1.82) is 0 Å². The first-order chi connectivity index (χ1) is 8.29. The first-order valence-electron chi connectivity index (χ1n) is 5.86. The Bertz CT molecular complexity index is 394. The third-order valence-corrected chi connectivity index (χ3v) is 2.99. The van der Waals surface area contributed by atoms with Gasteiger partial charge in [0.1, 0.15) is 0 Å². The predicted molar refractivity (Wildman–Crippen MR) is 65.6 cm³/mol. The maximum atomic E-state index is 11.9. The highest BCUT2D eigenvalue weighted by molar-refractivity contribution is 5.79. The standard InChI is InChI=1S/C13H16N2O2/c16-10-14-12-5-3-11(4-6-12)9-13(17)15-7-1-2-8-15/h3-6,10H,1-2,7-9H2,(H,14,16). The van der Waals surface area contributed by atoms with E-state index in [1.54, 1.807) is 12.1 Å². The highest BCUT2D eigenvalue weighted by Gasteiger charge is 2.17. The first kappa shape index (κ1) is 11.6. The molecule has 1 heterocycles. The molecule has 0 saturated carbocycles. The van der Waals surface area contributed by atoms with Gasteiger partial charge in [0.25, 0.3) is 0 Å². The van der Waals surface area contributed by atoms with Gasteiger partial charge in [-0.1, -0.05) is 12.1 Å². The number of carbonyl (C=O) groups excluding carboxylic acids is 2. The highest BCUT2D eigenvalue weighted by atomic mass is 16.2.